The molecule has 0 unspecified atom stereocenters. The van der Waals surface area contributed by atoms with Crippen molar-refractivity contribution in [3.63, 3.8) is 0 Å². The average Bonchev–Trinajstić information content (AvgIpc) is 2.31. The maximum atomic E-state index is 5.96. The Morgan fingerprint density at radius 3 is 2.62 bits per heavy atom. The molecule has 0 atom stereocenters. The lowest BCUT2D eigenvalue weighted by Crippen LogP contribution is -2.25. The van der Waals surface area contributed by atoms with E-state index in [4.69, 9.17) is 10.5 Å². The van der Waals surface area contributed by atoms with Crippen molar-refractivity contribution in [2.24, 2.45) is 0 Å². The van der Waals surface area contributed by atoms with E-state index in [-0.39, 0.29) is 0 Å². The van der Waals surface area contributed by atoms with Crippen LogP contribution >= 0.6 is 0 Å². The zero-order chi connectivity index (χ0) is 11.8. The molecular weight excluding hydrogens is 200 g/mol. The first kappa shape index (κ1) is 12.8. The molecule has 0 radical (unpaired) electrons. The van der Waals surface area contributed by atoms with Crippen LogP contribution in [0.2, 0.25) is 0 Å². The number of unbranched alkanes of at least 4 members (excludes halogenated alkanes) is 1. The van der Waals surface area contributed by atoms with Gasteiger partial charge in [0.1, 0.15) is 0 Å². The van der Waals surface area contributed by atoms with Crippen LogP contribution in [0.1, 0.15) is 19.8 Å². The van der Waals surface area contributed by atoms with Gasteiger partial charge in [-0.1, -0.05) is 12.1 Å². The number of hydrogen-bond acceptors (Lipinski definition) is 3. The summed E-state index contributed by atoms with van der Waals surface area (Å²) in [6.07, 6.45) is 2.23. The third-order valence-corrected chi connectivity index (χ3v) is 2.69. The van der Waals surface area contributed by atoms with Crippen LogP contribution in [-0.2, 0) is 4.74 Å². The third-order valence-electron chi connectivity index (χ3n) is 2.69. The molecule has 0 aromatic heterocycles. The fourth-order valence-corrected chi connectivity index (χ4v) is 1.77. The van der Waals surface area contributed by atoms with Gasteiger partial charge in [0.05, 0.1) is 11.4 Å². The number of hydrogen-bond donors (Lipinski definition) is 1. The highest BCUT2D eigenvalue weighted by atomic mass is 16.5. The predicted octanol–water partition coefficient (Wildman–Crippen LogP) is 2.52. The summed E-state index contributed by atoms with van der Waals surface area (Å²) in [4.78, 5) is 2.31. The van der Waals surface area contributed by atoms with E-state index in [1.54, 1.807) is 7.11 Å². The number of nitrogen functional groups attached to an aromatic ring is 1. The number of rotatable bonds is 7. The Morgan fingerprint density at radius 2 is 2.00 bits per heavy atom. The molecule has 0 saturated carbocycles. The van der Waals surface area contributed by atoms with Gasteiger partial charge in [-0.25, -0.2) is 0 Å². The minimum atomic E-state index is 0.835. The van der Waals surface area contributed by atoms with Crippen LogP contribution < -0.4 is 10.6 Å². The summed E-state index contributed by atoms with van der Waals surface area (Å²) >= 11 is 0. The molecule has 1 rings (SSSR count). The van der Waals surface area contributed by atoms with E-state index in [2.05, 4.69) is 17.9 Å². The molecule has 3 heteroatoms. The van der Waals surface area contributed by atoms with Crippen LogP contribution in [0, 0.1) is 0 Å². The molecule has 0 aliphatic heterocycles. The summed E-state index contributed by atoms with van der Waals surface area (Å²) in [7, 11) is 1.74. The Labute approximate surface area is 98.2 Å². The van der Waals surface area contributed by atoms with Crippen LogP contribution in [0.15, 0.2) is 24.3 Å². The monoisotopic (exact) mass is 222 g/mol. The Hall–Kier alpha value is -1.22. The third kappa shape index (κ3) is 3.74. The lowest BCUT2D eigenvalue weighted by atomic mass is 10.2. The summed E-state index contributed by atoms with van der Waals surface area (Å²) < 4.78 is 5.04. The summed E-state index contributed by atoms with van der Waals surface area (Å²) in [5.74, 6) is 0. The highest BCUT2D eigenvalue weighted by molar-refractivity contribution is 5.67. The largest absolute Gasteiger partial charge is 0.397 e. The molecule has 0 fully saturated rings. The van der Waals surface area contributed by atoms with Crippen molar-refractivity contribution in [1.82, 2.24) is 0 Å². The molecule has 90 valence electrons. The molecule has 3 nitrogen and oxygen atoms in total. The van der Waals surface area contributed by atoms with Gasteiger partial charge in [-0.3, -0.25) is 0 Å². The molecule has 0 heterocycles. The first-order valence-corrected chi connectivity index (χ1v) is 5.88. The van der Waals surface area contributed by atoms with Crippen molar-refractivity contribution >= 4 is 11.4 Å². The first-order valence-electron chi connectivity index (χ1n) is 5.88. The van der Waals surface area contributed by atoms with E-state index < -0.39 is 0 Å². The fourth-order valence-electron chi connectivity index (χ4n) is 1.77. The smallest absolute Gasteiger partial charge is 0.0599 e. The standard InChI is InChI=1S/C13H22N2O/c1-3-15(10-6-7-11-16-2)13-9-5-4-8-12(13)14/h4-5,8-9H,3,6-7,10-11,14H2,1-2H3. The van der Waals surface area contributed by atoms with Gasteiger partial charge in [0.25, 0.3) is 0 Å². The molecule has 2 N–H and O–H groups in total. The Bertz CT molecular complexity index is 302. The molecule has 0 spiro atoms. The van der Waals surface area contributed by atoms with Gasteiger partial charge in [-0.15, -0.1) is 0 Å². The van der Waals surface area contributed by atoms with Crippen molar-refractivity contribution in [3.05, 3.63) is 24.3 Å². The van der Waals surface area contributed by atoms with Crippen molar-refractivity contribution in [2.45, 2.75) is 19.8 Å². The molecule has 16 heavy (non-hydrogen) atoms. The average molecular weight is 222 g/mol. The number of methoxy groups -OCH3 is 1. The van der Waals surface area contributed by atoms with Crippen molar-refractivity contribution in [2.75, 3.05) is 37.4 Å². The van der Waals surface area contributed by atoms with Gasteiger partial charge in [0.2, 0.25) is 0 Å². The van der Waals surface area contributed by atoms with Gasteiger partial charge in [0.15, 0.2) is 0 Å². The Morgan fingerprint density at radius 1 is 1.25 bits per heavy atom. The van der Waals surface area contributed by atoms with Crippen molar-refractivity contribution in [3.8, 4) is 0 Å². The highest BCUT2D eigenvalue weighted by Gasteiger charge is 2.06. The van der Waals surface area contributed by atoms with E-state index in [0.717, 1.165) is 43.9 Å². The quantitative estimate of drug-likeness (QED) is 0.569. The minimum absolute atomic E-state index is 0.835. The maximum absolute atomic E-state index is 5.96. The number of para-hydroxylation sites is 2. The molecule has 0 amide bonds. The summed E-state index contributed by atoms with van der Waals surface area (Å²) in [6, 6.07) is 8.03. The maximum Gasteiger partial charge on any atom is 0.0599 e. The second-order valence-electron chi connectivity index (χ2n) is 3.84. The number of nitrogens with zero attached hydrogens (tertiary/aromatic N) is 1. The second-order valence-corrected chi connectivity index (χ2v) is 3.84. The number of ether oxygens (including phenoxy) is 1. The van der Waals surface area contributed by atoms with E-state index in [1.165, 1.54) is 0 Å². The van der Waals surface area contributed by atoms with Crippen LogP contribution in [-0.4, -0.2) is 26.8 Å². The number of nitrogens with two attached hydrogens (primary N) is 1. The Balaban J connectivity index is 2.51. The lowest BCUT2D eigenvalue weighted by molar-refractivity contribution is 0.193. The zero-order valence-corrected chi connectivity index (χ0v) is 10.3. The number of anilines is 2. The van der Waals surface area contributed by atoms with Gasteiger partial charge >= 0.3 is 0 Å². The number of benzene rings is 1. The lowest BCUT2D eigenvalue weighted by Gasteiger charge is -2.24. The molecular formula is C13H22N2O. The van der Waals surface area contributed by atoms with E-state index in [1.807, 2.05) is 18.2 Å². The highest BCUT2D eigenvalue weighted by Crippen LogP contribution is 2.22. The zero-order valence-electron chi connectivity index (χ0n) is 10.3. The molecule has 1 aromatic rings. The molecule has 0 saturated heterocycles. The van der Waals surface area contributed by atoms with E-state index in [9.17, 15) is 0 Å². The van der Waals surface area contributed by atoms with Crippen LogP contribution in [0.4, 0.5) is 11.4 Å². The Kier molecular flexibility index (Phi) is 5.72. The summed E-state index contributed by atoms with van der Waals surface area (Å²) in [5.41, 5.74) is 7.96. The summed E-state index contributed by atoms with van der Waals surface area (Å²) in [6.45, 7) is 5.01. The normalized spacial score (nSPS) is 10.4. The molecule has 0 aliphatic rings. The second kappa shape index (κ2) is 7.12. The van der Waals surface area contributed by atoms with Gasteiger partial charge in [-0.2, -0.15) is 0 Å². The molecule has 1 aromatic carbocycles. The molecule has 0 aliphatic carbocycles. The first-order chi connectivity index (χ1) is 7.79. The van der Waals surface area contributed by atoms with Crippen LogP contribution in [0.25, 0.3) is 0 Å². The molecule has 0 bridgehead atoms. The SMILES string of the molecule is CCN(CCCCOC)c1ccccc1N. The van der Waals surface area contributed by atoms with Crippen LogP contribution in [0.3, 0.4) is 0 Å². The van der Waals surface area contributed by atoms with Crippen molar-refractivity contribution < 1.29 is 4.74 Å². The van der Waals surface area contributed by atoms with Gasteiger partial charge < -0.3 is 15.4 Å². The van der Waals surface area contributed by atoms with Gasteiger partial charge in [-0.05, 0) is 31.9 Å². The van der Waals surface area contributed by atoms with E-state index >= 15 is 0 Å². The summed E-state index contributed by atoms with van der Waals surface area (Å²) in [5, 5.41) is 0. The van der Waals surface area contributed by atoms with Crippen molar-refractivity contribution in [1.29, 1.82) is 0 Å². The minimum Gasteiger partial charge on any atom is -0.397 e. The van der Waals surface area contributed by atoms with Crippen LogP contribution in [0.5, 0.6) is 0 Å². The topological polar surface area (TPSA) is 38.5 Å². The van der Waals surface area contributed by atoms with Gasteiger partial charge in [0, 0.05) is 26.8 Å². The predicted molar refractivity (Wildman–Crippen MR) is 69.9 cm³/mol. The fraction of sp³-hybridized carbons (Fsp3) is 0.538. The van der Waals surface area contributed by atoms with E-state index in [0.29, 0.717) is 0 Å².